The summed E-state index contributed by atoms with van der Waals surface area (Å²) in [6, 6.07) is 3.76. The number of anilines is 4. The van der Waals surface area contributed by atoms with Crippen LogP contribution in [0.2, 0.25) is 0 Å². The van der Waals surface area contributed by atoms with Gasteiger partial charge in [0.25, 0.3) is 5.56 Å². The van der Waals surface area contributed by atoms with Crippen LogP contribution in [0.25, 0.3) is 11.0 Å². The van der Waals surface area contributed by atoms with E-state index < -0.39 is 5.91 Å². The lowest BCUT2D eigenvalue weighted by Crippen LogP contribution is -2.31. The van der Waals surface area contributed by atoms with Gasteiger partial charge in [0.2, 0.25) is 11.8 Å². The Balaban J connectivity index is 1.29. The number of Topliss-reactive ketones (excluding diaryl/α,β-unsaturated/α-hetero) is 1. The Hall–Kier alpha value is -4.98. The van der Waals surface area contributed by atoms with Crippen molar-refractivity contribution in [3.8, 4) is 0 Å². The average Bonchev–Trinajstić information content (AvgIpc) is 3.54. The van der Waals surface area contributed by atoms with Crippen LogP contribution in [-0.4, -0.2) is 73.6 Å². The zero-order valence-electron chi connectivity index (χ0n) is 24.5. The van der Waals surface area contributed by atoms with Crippen molar-refractivity contribution in [1.29, 1.82) is 0 Å². The molecule has 0 saturated heterocycles. The van der Waals surface area contributed by atoms with E-state index in [1.807, 2.05) is 36.0 Å². The maximum absolute atomic E-state index is 13.4. The number of rotatable bonds is 10. The summed E-state index contributed by atoms with van der Waals surface area (Å²) < 4.78 is 1.69. The molecule has 0 atom stereocenters. The van der Waals surface area contributed by atoms with Crippen LogP contribution in [0.1, 0.15) is 65.2 Å². The van der Waals surface area contributed by atoms with E-state index in [0.717, 1.165) is 37.1 Å². The molecule has 0 aromatic carbocycles. The summed E-state index contributed by atoms with van der Waals surface area (Å²) in [7, 11) is 3.84. The first-order valence-corrected chi connectivity index (χ1v) is 14.0. The number of ketones is 1. The molecule has 4 heterocycles. The third-order valence-corrected chi connectivity index (χ3v) is 7.83. The van der Waals surface area contributed by atoms with Gasteiger partial charge in [0.15, 0.2) is 5.78 Å². The van der Waals surface area contributed by atoms with Crippen LogP contribution in [0.3, 0.4) is 0 Å². The summed E-state index contributed by atoms with van der Waals surface area (Å²) in [5, 5.41) is 12.5. The molecule has 14 nitrogen and oxygen atoms in total. The predicted molar refractivity (Wildman–Crippen MR) is 161 cm³/mol. The first kappa shape index (κ1) is 29.5. The highest BCUT2D eigenvalue weighted by molar-refractivity contribution is 5.99. The highest BCUT2D eigenvalue weighted by Crippen LogP contribution is 2.32. The molecule has 14 heteroatoms. The van der Waals surface area contributed by atoms with Crippen molar-refractivity contribution in [2.45, 2.75) is 45.6 Å². The fourth-order valence-electron chi connectivity index (χ4n) is 5.35. The molecule has 224 valence electrons. The Bertz CT molecular complexity index is 1700. The molecular weight excluding hydrogens is 552 g/mol. The fourth-order valence-corrected chi connectivity index (χ4v) is 5.35. The van der Waals surface area contributed by atoms with E-state index in [0.29, 0.717) is 41.5 Å². The molecule has 1 aliphatic rings. The Labute approximate surface area is 247 Å². The molecule has 0 aliphatic heterocycles. The highest BCUT2D eigenvalue weighted by atomic mass is 16.5. The average molecular weight is 587 g/mol. The van der Waals surface area contributed by atoms with E-state index in [-0.39, 0.29) is 28.8 Å². The van der Waals surface area contributed by atoms with Crippen molar-refractivity contribution in [1.82, 2.24) is 35.0 Å². The summed E-state index contributed by atoms with van der Waals surface area (Å²) >= 11 is 0. The monoisotopic (exact) mass is 586 g/mol. The second kappa shape index (κ2) is 12.5. The van der Waals surface area contributed by atoms with Crippen LogP contribution < -0.4 is 26.2 Å². The molecular formula is C29H34N10O4. The lowest BCUT2D eigenvalue weighted by molar-refractivity contribution is 0.0694. The number of aryl methyl sites for hydroxylation is 1. The van der Waals surface area contributed by atoms with E-state index in [1.165, 1.54) is 24.8 Å². The Kier molecular flexibility index (Phi) is 8.57. The molecule has 4 aromatic rings. The molecule has 1 saturated carbocycles. The van der Waals surface area contributed by atoms with E-state index in [2.05, 4.69) is 25.3 Å². The number of nitrogens with zero attached hydrogens (tertiary/aromatic N) is 8. The van der Waals surface area contributed by atoms with Gasteiger partial charge in [-0.25, -0.2) is 25.4 Å². The molecule has 0 spiro atoms. The van der Waals surface area contributed by atoms with Gasteiger partial charge in [0.1, 0.15) is 11.5 Å². The number of hydrogen-bond donors (Lipinski definition) is 3. The summed E-state index contributed by atoms with van der Waals surface area (Å²) in [6.07, 6.45) is 10.3. The predicted octanol–water partition coefficient (Wildman–Crippen LogP) is 3.04. The third-order valence-electron chi connectivity index (χ3n) is 7.83. The van der Waals surface area contributed by atoms with Crippen molar-refractivity contribution < 1.29 is 14.8 Å². The fraction of sp³-hybridized carbons (Fsp3) is 0.379. The number of aromatic nitrogens is 6. The maximum atomic E-state index is 13.4. The smallest absolute Gasteiger partial charge is 0.312 e. The molecule has 0 radical (unpaired) electrons. The normalized spacial score (nSPS) is 13.2. The molecule has 3 N–H and O–H groups in total. The van der Waals surface area contributed by atoms with Crippen LogP contribution in [0, 0.1) is 6.92 Å². The Morgan fingerprint density at radius 1 is 0.977 bits per heavy atom. The molecule has 43 heavy (non-hydrogen) atoms. The lowest BCUT2D eigenvalue weighted by atomic mass is 10.0. The van der Waals surface area contributed by atoms with Gasteiger partial charge in [-0.15, -0.1) is 0 Å². The second-order valence-electron chi connectivity index (χ2n) is 10.7. The van der Waals surface area contributed by atoms with Gasteiger partial charge in [0, 0.05) is 44.8 Å². The van der Waals surface area contributed by atoms with Gasteiger partial charge >= 0.3 is 5.91 Å². The lowest BCUT2D eigenvalue weighted by Gasteiger charge is -2.24. The minimum absolute atomic E-state index is 0.00286. The van der Waals surface area contributed by atoms with Gasteiger partial charge in [-0.3, -0.25) is 24.2 Å². The quantitative estimate of drug-likeness (QED) is 0.141. The van der Waals surface area contributed by atoms with E-state index >= 15 is 0 Å². The summed E-state index contributed by atoms with van der Waals surface area (Å²) in [6.45, 7) is 4.50. The minimum Gasteiger partial charge on any atom is -0.372 e. The summed E-state index contributed by atoms with van der Waals surface area (Å²) in [4.78, 5) is 62.9. The topological polar surface area (TPSA) is 171 Å². The standard InChI is InChI=1S/C29H34N10O4/c1-17-22-16-33-29(35-26(22)39(19-7-5-6-8-19)28(42)24(17)18(2)40)34-23-10-9-20(13-30-23)37(3)11-12-38(4)21-14-31-25(32-15-21)27(41)36-43/h9-10,13-16,19,43H,5-8,11-12H2,1-4H3,(H,36,41)(H,30,33,34,35). The molecule has 0 bridgehead atoms. The Morgan fingerprint density at radius 2 is 1.63 bits per heavy atom. The summed E-state index contributed by atoms with van der Waals surface area (Å²) in [5.41, 5.74) is 4.17. The number of carbonyl (C=O) groups is 2. The molecule has 5 rings (SSSR count). The van der Waals surface area contributed by atoms with Crippen molar-refractivity contribution in [3.05, 3.63) is 64.2 Å². The zero-order valence-corrected chi connectivity index (χ0v) is 24.5. The van der Waals surface area contributed by atoms with E-state index in [4.69, 9.17) is 10.2 Å². The Morgan fingerprint density at radius 3 is 2.23 bits per heavy atom. The van der Waals surface area contributed by atoms with Gasteiger partial charge in [0.05, 0.1) is 35.5 Å². The van der Waals surface area contributed by atoms with E-state index in [1.54, 1.807) is 23.9 Å². The first-order chi connectivity index (χ1) is 20.7. The van der Waals surface area contributed by atoms with Crippen molar-refractivity contribution in [2.75, 3.05) is 42.3 Å². The number of nitrogens with one attached hydrogen (secondary N) is 2. The van der Waals surface area contributed by atoms with Gasteiger partial charge in [-0.05, 0) is 44.4 Å². The van der Waals surface area contributed by atoms with Gasteiger partial charge < -0.3 is 15.1 Å². The van der Waals surface area contributed by atoms with Crippen molar-refractivity contribution in [3.63, 3.8) is 0 Å². The number of amides is 1. The number of hydrogen-bond acceptors (Lipinski definition) is 12. The molecule has 1 amide bonds. The SMILES string of the molecule is CC(=O)c1c(C)c2cnc(Nc3ccc(N(C)CCN(C)c4cnc(C(=O)NO)nc4)cn3)nc2n(C2CCCC2)c1=O. The third kappa shape index (κ3) is 6.14. The van der Waals surface area contributed by atoms with Crippen LogP contribution in [-0.2, 0) is 0 Å². The van der Waals surface area contributed by atoms with Crippen LogP contribution >= 0.6 is 0 Å². The van der Waals surface area contributed by atoms with Crippen LogP contribution in [0.4, 0.5) is 23.1 Å². The second-order valence-corrected chi connectivity index (χ2v) is 10.7. The van der Waals surface area contributed by atoms with Crippen molar-refractivity contribution in [2.24, 2.45) is 0 Å². The highest BCUT2D eigenvalue weighted by Gasteiger charge is 2.26. The number of fused-ring (bicyclic) bond motifs is 1. The first-order valence-electron chi connectivity index (χ1n) is 14.0. The molecule has 1 aliphatic carbocycles. The van der Waals surface area contributed by atoms with E-state index in [9.17, 15) is 14.4 Å². The van der Waals surface area contributed by atoms with Gasteiger partial charge in [-0.1, -0.05) is 12.8 Å². The van der Waals surface area contributed by atoms with Crippen LogP contribution in [0.5, 0.6) is 0 Å². The number of hydroxylamine groups is 1. The molecule has 4 aromatic heterocycles. The zero-order chi connectivity index (χ0) is 30.7. The molecule has 1 fully saturated rings. The van der Waals surface area contributed by atoms with Gasteiger partial charge in [-0.2, -0.15) is 4.98 Å². The molecule has 0 unspecified atom stereocenters. The number of likely N-dealkylation sites (N-methyl/N-ethyl adjacent to an activating group) is 2. The maximum Gasteiger partial charge on any atom is 0.312 e. The largest absolute Gasteiger partial charge is 0.372 e. The minimum atomic E-state index is -0.769. The number of pyridine rings is 2. The van der Waals surface area contributed by atoms with Crippen LogP contribution in [0.15, 0.2) is 41.7 Å². The summed E-state index contributed by atoms with van der Waals surface area (Å²) in [5.74, 6) is -0.282. The van der Waals surface area contributed by atoms with Crippen molar-refractivity contribution >= 4 is 45.9 Å². The number of carbonyl (C=O) groups excluding carboxylic acids is 2.